The van der Waals surface area contributed by atoms with Gasteiger partial charge in [-0.1, -0.05) is 40.2 Å². The summed E-state index contributed by atoms with van der Waals surface area (Å²) in [6.07, 6.45) is -0.654. The van der Waals surface area contributed by atoms with Crippen molar-refractivity contribution in [2.75, 3.05) is 7.11 Å². The smallest absolute Gasteiger partial charge is 0.105 e. The number of hydrogen-bond donors (Lipinski definition) is 1. The van der Waals surface area contributed by atoms with E-state index >= 15 is 0 Å². The van der Waals surface area contributed by atoms with Crippen LogP contribution in [0, 0.1) is 11.3 Å². The van der Waals surface area contributed by atoms with Crippen molar-refractivity contribution in [3.05, 3.63) is 11.1 Å². The highest BCUT2D eigenvalue weighted by Gasteiger charge is 2.32. The van der Waals surface area contributed by atoms with E-state index in [1.54, 1.807) is 7.11 Å². The fraction of sp³-hybridized carbons (Fsp3) is 0.857. The fourth-order valence-corrected chi connectivity index (χ4v) is 2.24. The van der Waals surface area contributed by atoms with Gasteiger partial charge in [0.1, 0.15) is 6.10 Å². The van der Waals surface area contributed by atoms with Crippen molar-refractivity contribution in [1.29, 1.82) is 0 Å². The molecule has 0 saturated heterocycles. The van der Waals surface area contributed by atoms with Crippen LogP contribution in [0.3, 0.4) is 0 Å². The Kier molecular flexibility index (Phi) is 5.71. The summed E-state index contributed by atoms with van der Waals surface area (Å²) in [6.45, 7) is 14.7. The zero-order chi connectivity index (χ0) is 13.1. The van der Waals surface area contributed by atoms with Crippen molar-refractivity contribution in [2.24, 2.45) is 11.3 Å². The van der Waals surface area contributed by atoms with Crippen molar-refractivity contribution < 1.29 is 9.84 Å². The second kappa shape index (κ2) is 5.83. The number of aliphatic hydroxyl groups excluding tert-OH is 1. The Hall–Kier alpha value is -0.340. The Morgan fingerprint density at radius 3 is 1.75 bits per heavy atom. The van der Waals surface area contributed by atoms with Gasteiger partial charge >= 0.3 is 0 Å². The maximum atomic E-state index is 10.2. The van der Waals surface area contributed by atoms with Crippen LogP contribution in [0.4, 0.5) is 0 Å². The Morgan fingerprint density at radius 2 is 1.56 bits per heavy atom. The number of aliphatic hydroxyl groups is 1. The number of hydrogen-bond acceptors (Lipinski definition) is 2. The van der Waals surface area contributed by atoms with E-state index in [9.17, 15) is 5.11 Å². The van der Waals surface area contributed by atoms with Gasteiger partial charge in [0.15, 0.2) is 0 Å². The van der Waals surface area contributed by atoms with Gasteiger partial charge in [-0.25, -0.2) is 0 Å². The van der Waals surface area contributed by atoms with Crippen LogP contribution in [0.5, 0.6) is 0 Å². The second-order valence-electron chi connectivity index (χ2n) is 6.05. The molecule has 2 unspecified atom stereocenters. The first-order valence-electron chi connectivity index (χ1n) is 6.01. The third kappa shape index (κ3) is 3.91. The summed E-state index contributed by atoms with van der Waals surface area (Å²) in [5.74, 6) is 0.196. The molecule has 96 valence electrons. The second-order valence-corrected chi connectivity index (χ2v) is 6.05. The standard InChI is InChI=1S/C14H28O2/c1-9(2)11(14(5,6)7)13(16-8)12(15)10(3)4/h10,12-13,15H,1-8H3. The predicted octanol–water partition coefficient (Wildman–Crippen LogP) is 3.40. The maximum Gasteiger partial charge on any atom is 0.105 e. The molecule has 0 heterocycles. The molecular formula is C14H28O2. The molecule has 0 fully saturated rings. The van der Waals surface area contributed by atoms with E-state index in [0.29, 0.717) is 0 Å². The summed E-state index contributed by atoms with van der Waals surface area (Å²) in [6, 6.07) is 0. The lowest BCUT2D eigenvalue weighted by Gasteiger charge is -2.35. The zero-order valence-corrected chi connectivity index (χ0v) is 12.1. The van der Waals surface area contributed by atoms with E-state index in [0.717, 1.165) is 0 Å². The molecule has 0 saturated carbocycles. The van der Waals surface area contributed by atoms with Crippen LogP contribution >= 0.6 is 0 Å². The van der Waals surface area contributed by atoms with Crippen LogP contribution in [-0.2, 0) is 4.74 Å². The summed E-state index contributed by atoms with van der Waals surface area (Å²) in [5, 5.41) is 10.2. The normalized spacial score (nSPS) is 16.1. The third-order valence-electron chi connectivity index (χ3n) is 2.88. The molecule has 0 aliphatic carbocycles. The lowest BCUT2D eigenvalue weighted by Crippen LogP contribution is -2.38. The molecule has 0 aromatic carbocycles. The SMILES string of the molecule is COC(C(=C(C)C)C(C)(C)C)C(O)C(C)C. The van der Waals surface area contributed by atoms with Gasteiger partial charge in [-0.2, -0.15) is 0 Å². The van der Waals surface area contributed by atoms with Gasteiger partial charge in [0.2, 0.25) is 0 Å². The number of methoxy groups -OCH3 is 1. The topological polar surface area (TPSA) is 29.5 Å². The molecule has 2 heteroatoms. The van der Waals surface area contributed by atoms with Crippen molar-refractivity contribution in [3.63, 3.8) is 0 Å². The average Bonchev–Trinajstić information content (AvgIpc) is 2.09. The van der Waals surface area contributed by atoms with Crippen molar-refractivity contribution >= 4 is 0 Å². The van der Waals surface area contributed by atoms with Crippen LogP contribution in [0.15, 0.2) is 11.1 Å². The monoisotopic (exact) mass is 228 g/mol. The first-order chi connectivity index (χ1) is 7.12. The maximum absolute atomic E-state index is 10.2. The highest BCUT2D eigenvalue weighted by molar-refractivity contribution is 5.23. The number of allylic oxidation sites excluding steroid dienone is 1. The number of ether oxygens (including phenoxy) is 1. The van der Waals surface area contributed by atoms with Crippen LogP contribution in [0.2, 0.25) is 0 Å². The van der Waals surface area contributed by atoms with Crippen LogP contribution in [0.25, 0.3) is 0 Å². The van der Waals surface area contributed by atoms with E-state index in [4.69, 9.17) is 4.74 Å². The van der Waals surface area contributed by atoms with Crippen molar-refractivity contribution in [1.82, 2.24) is 0 Å². The molecule has 16 heavy (non-hydrogen) atoms. The first kappa shape index (κ1) is 15.7. The Morgan fingerprint density at radius 1 is 1.12 bits per heavy atom. The molecule has 0 aliphatic rings. The highest BCUT2D eigenvalue weighted by atomic mass is 16.5. The summed E-state index contributed by atoms with van der Waals surface area (Å²) in [7, 11) is 1.67. The van der Waals surface area contributed by atoms with Gasteiger partial charge in [-0.05, 0) is 30.8 Å². The van der Waals surface area contributed by atoms with Gasteiger partial charge in [0.05, 0.1) is 6.10 Å². The summed E-state index contributed by atoms with van der Waals surface area (Å²) < 4.78 is 5.52. The molecule has 2 nitrogen and oxygen atoms in total. The first-order valence-corrected chi connectivity index (χ1v) is 6.01. The average molecular weight is 228 g/mol. The lowest BCUT2D eigenvalue weighted by atomic mass is 9.77. The fourth-order valence-electron chi connectivity index (χ4n) is 2.24. The predicted molar refractivity (Wildman–Crippen MR) is 69.5 cm³/mol. The van der Waals surface area contributed by atoms with Crippen molar-refractivity contribution in [2.45, 2.75) is 60.7 Å². The molecule has 1 N–H and O–H groups in total. The molecule has 0 radical (unpaired) electrons. The minimum Gasteiger partial charge on any atom is -0.390 e. The van der Waals surface area contributed by atoms with Gasteiger partial charge in [0.25, 0.3) is 0 Å². The molecule has 0 amide bonds. The largest absolute Gasteiger partial charge is 0.390 e. The van der Waals surface area contributed by atoms with E-state index in [1.165, 1.54) is 11.1 Å². The summed E-state index contributed by atoms with van der Waals surface area (Å²) in [5.41, 5.74) is 2.46. The quantitative estimate of drug-likeness (QED) is 0.747. The molecule has 0 bridgehead atoms. The molecular weight excluding hydrogens is 200 g/mol. The Labute approximate surface area is 101 Å². The Balaban J connectivity index is 5.28. The molecule has 0 aromatic heterocycles. The summed E-state index contributed by atoms with van der Waals surface area (Å²) in [4.78, 5) is 0. The summed E-state index contributed by atoms with van der Waals surface area (Å²) >= 11 is 0. The van der Waals surface area contributed by atoms with E-state index in [2.05, 4.69) is 34.6 Å². The molecule has 0 aromatic rings. The van der Waals surface area contributed by atoms with Crippen LogP contribution in [-0.4, -0.2) is 24.4 Å². The van der Waals surface area contributed by atoms with Crippen molar-refractivity contribution in [3.8, 4) is 0 Å². The number of rotatable bonds is 4. The van der Waals surface area contributed by atoms with Gasteiger partial charge in [-0.3, -0.25) is 0 Å². The Bertz CT molecular complexity index is 242. The molecule has 2 atom stereocenters. The van der Waals surface area contributed by atoms with Crippen LogP contribution < -0.4 is 0 Å². The van der Waals surface area contributed by atoms with Gasteiger partial charge in [-0.15, -0.1) is 0 Å². The minimum atomic E-state index is -0.450. The third-order valence-corrected chi connectivity index (χ3v) is 2.88. The van der Waals surface area contributed by atoms with E-state index < -0.39 is 6.10 Å². The molecule has 0 aliphatic heterocycles. The van der Waals surface area contributed by atoms with Gasteiger partial charge in [0, 0.05) is 7.11 Å². The minimum absolute atomic E-state index is 0.0232. The molecule has 0 rings (SSSR count). The van der Waals surface area contributed by atoms with Gasteiger partial charge < -0.3 is 9.84 Å². The van der Waals surface area contributed by atoms with Crippen LogP contribution in [0.1, 0.15) is 48.5 Å². The zero-order valence-electron chi connectivity index (χ0n) is 12.1. The van der Waals surface area contributed by atoms with E-state index in [-0.39, 0.29) is 17.4 Å². The van der Waals surface area contributed by atoms with E-state index in [1.807, 2.05) is 13.8 Å². The lowest BCUT2D eigenvalue weighted by molar-refractivity contribution is -0.0224. The highest BCUT2D eigenvalue weighted by Crippen LogP contribution is 2.34. The molecule has 0 spiro atoms.